The molecule has 0 radical (unpaired) electrons. The molecule has 0 aromatic carbocycles. The maximum atomic E-state index is 9.50. The second-order valence-electron chi connectivity index (χ2n) is 3.71. The summed E-state index contributed by atoms with van der Waals surface area (Å²) in [5.74, 6) is 1.94. The predicted molar refractivity (Wildman–Crippen MR) is 65.6 cm³/mol. The van der Waals surface area contributed by atoms with Crippen molar-refractivity contribution in [1.29, 1.82) is 0 Å². The number of nitrogens with two attached hydrogens (primary N) is 1. The Balaban J connectivity index is 3.14. The molecule has 3 N–H and O–H groups in total. The minimum absolute atomic E-state index is 0.173. The molecule has 14 heavy (non-hydrogen) atoms. The molecule has 0 amide bonds. The van der Waals surface area contributed by atoms with Gasteiger partial charge < -0.3 is 10.8 Å². The summed E-state index contributed by atoms with van der Waals surface area (Å²) in [6.07, 6.45) is 5.65. The first-order valence-electron chi connectivity index (χ1n) is 5.29. The van der Waals surface area contributed by atoms with E-state index < -0.39 is 0 Å². The first-order valence-corrected chi connectivity index (χ1v) is 6.44. The van der Waals surface area contributed by atoms with Gasteiger partial charge in [0.05, 0.1) is 6.10 Å². The van der Waals surface area contributed by atoms with E-state index in [2.05, 4.69) is 6.58 Å². The fourth-order valence-electron chi connectivity index (χ4n) is 1.12. The van der Waals surface area contributed by atoms with Crippen LogP contribution in [0.2, 0.25) is 0 Å². The number of aliphatic hydroxyl groups is 1. The summed E-state index contributed by atoms with van der Waals surface area (Å²) in [7, 11) is 0. The van der Waals surface area contributed by atoms with Crippen LogP contribution in [0.15, 0.2) is 12.7 Å². The average Bonchev–Trinajstić information content (AvgIpc) is 2.13. The Labute approximate surface area is 92.0 Å². The van der Waals surface area contributed by atoms with Crippen LogP contribution in [0, 0.1) is 0 Å². The lowest BCUT2D eigenvalue weighted by molar-refractivity contribution is 0.190. The van der Waals surface area contributed by atoms with Gasteiger partial charge in [-0.2, -0.15) is 11.8 Å². The lowest BCUT2D eigenvalue weighted by atomic mass is 10.2. The molecular formula is C11H23NOS. The summed E-state index contributed by atoms with van der Waals surface area (Å²) in [4.78, 5) is 0. The Hall–Kier alpha value is 0.01000. The highest BCUT2D eigenvalue weighted by molar-refractivity contribution is 7.99. The van der Waals surface area contributed by atoms with Crippen LogP contribution in [0.4, 0.5) is 0 Å². The van der Waals surface area contributed by atoms with Gasteiger partial charge in [-0.05, 0) is 38.4 Å². The van der Waals surface area contributed by atoms with Gasteiger partial charge in [0, 0.05) is 11.8 Å². The van der Waals surface area contributed by atoms with E-state index in [9.17, 15) is 5.11 Å². The lowest BCUT2D eigenvalue weighted by Crippen LogP contribution is -2.15. The van der Waals surface area contributed by atoms with Crippen LogP contribution in [-0.4, -0.2) is 28.8 Å². The fraction of sp³-hybridized carbons (Fsp3) is 0.818. The minimum atomic E-state index is -0.173. The molecular weight excluding hydrogens is 194 g/mol. The van der Waals surface area contributed by atoms with Gasteiger partial charge in [0.15, 0.2) is 0 Å². The van der Waals surface area contributed by atoms with E-state index in [0.717, 1.165) is 37.2 Å². The van der Waals surface area contributed by atoms with Gasteiger partial charge in [-0.3, -0.25) is 0 Å². The maximum Gasteiger partial charge on any atom is 0.0633 e. The molecule has 0 aromatic rings. The predicted octanol–water partition coefficient (Wildman–Crippen LogP) is 2.17. The van der Waals surface area contributed by atoms with Gasteiger partial charge >= 0.3 is 0 Å². The summed E-state index contributed by atoms with van der Waals surface area (Å²) in [6, 6.07) is 0.307. The molecule has 0 spiro atoms. The van der Waals surface area contributed by atoms with Crippen molar-refractivity contribution in [3.05, 3.63) is 12.7 Å². The van der Waals surface area contributed by atoms with Crippen LogP contribution in [-0.2, 0) is 0 Å². The third kappa shape index (κ3) is 10.1. The van der Waals surface area contributed by atoms with Gasteiger partial charge in [0.2, 0.25) is 0 Å². The van der Waals surface area contributed by atoms with Crippen molar-refractivity contribution in [2.45, 2.75) is 44.8 Å². The third-order valence-corrected chi connectivity index (χ3v) is 3.16. The van der Waals surface area contributed by atoms with E-state index in [0.29, 0.717) is 6.04 Å². The van der Waals surface area contributed by atoms with Crippen molar-refractivity contribution in [1.82, 2.24) is 0 Å². The zero-order chi connectivity index (χ0) is 10.8. The largest absolute Gasteiger partial charge is 0.392 e. The first-order chi connectivity index (χ1) is 6.66. The molecule has 0 heterocycles. The van der Waals surface area contributed by atoms with E-state index in [-0.39, 0.29) is 6.10 Å². The molecule has 0 bridgehead atoms. The van der Waals surface area contributed by atoms with Crippen LogP contribution in [0.3, 0.4) is 0 Å². The van der Waals surface area contributed by atoms with Crippen molar-refractivity contribution in [3.63, 3.8) is 0 Å². The second-order valence-corrected chi connectivity index (χ2v) is 4.86. The smallest absolute Gasteiger partial charge is 0.0633 e. The summed E-state index contributed by atoms with van der Waals surface area (Å²) in [5, 5.41) is 9.50. The third-order valence-electron chi connectivity index (χ3n) is 1.96. The molecule has 3 heteroatoms. The van der Waals surface area contributed by atoms with E-state index >= 15 is 0 Å². The number of rotatable bonds is 9. The number of allylic oxidation sites excluding steroid dienone is 1. The number of hydrogen-bond acceptors (Lipinski definition) is 3. The summed E-state index contributed by atoms with van der Waals surface area (Å²) < 4.78 is 0. The van der Waals surface area contributed by atoms with Crippen molar-refractivity contribution >= 4 is 11.8 Å². The zero-order valence-corrected chi connectivity index (χ0v) is 9.93. The van der Waals surface area contributed by atoms with E-state index in [1.807, 2.05) is 24.8 Å². The maximum absolute atomic E-state index is 9.50. The van der Waals surface area contributed by atoms with E-state index in [1.165, 1.54) is 0 Å². The number of hydrogen-bond donors (Lipinski definition) is 2. The Morgan fingerprint density at radius 3 is 2.79 bits per heavy atom. The average molecular weight is 217 g/mol. The van der Waals surface area contributed by atoms with Crippen LogP contribution in [0.5, 0.6) is 0 Å². The molecule has 2 nitrogen and oxygen atoms in total. The number of thioether (sulfide) groups is 1. The van der Waals surface area contributed by atoms with Crippen LogP contribution in [0.25, 0.3) is 0 Å². The fourth-order valence-corrected chi connectivity index (χ4v) is 2.10. The van der Waals surface area contributed by atoms with Crippen LogP contribution in [0.1, 0.15) is 32.6 Å². The van der Waals surface area contributed by atoms with Crippen LogP contribution >= 0.6 is 11.8 Å². The van der Waals surface area contributed by atoms with Gasteiger partial charge in [-0.25, -0.2) is 0 Å². The molecule has 0 aliphatic heterocycles. The SMILES string of the molecule is C=CCCC(O)CSCCCC(C)N. The summed E-state index contributed by atoms with van der Waals surface area (Å²) in [5.41, 5.74) is 5.63. The molecule has 0 saturated heterocycles. The Morgan fingerprint density at radius 2 is 2.21 bits per heavy atom. The van der Waals surface area contributed by atoms with Gasteiger partial charge in [0.1, 0.15) is 0 Å². The molecule has 2 unspecified atom stereocenters. The molecule has 0 aliphatic rings. The normalized spacial score (nSPS) is 15.1. The molecule has 84 valence electrons. The number of aliphatic hydroxyl groups excluding tert-OH is 1. The second kappa shape index (κ2) is 9.56. The zero-order valence-electron chi connectivity index (χ0n) is 9.11. The van der Waals surface area contributed by atoms with E-state index in [1.54, 1.807) is 0 Å². The topological polar surface area (TPSA) is 46.2 Å². The molecule has 0 aromatic heterocycles. The molecule has 0 aliphatic carbocycles. The quantitative estimate of drug-likeness (QED) is 0.459. The van der Waals surface area contributed by atoms with Crippen LogP contribution < -0.4 is 5.73 Å². The van der Waals surface area contributed by atoms with Crippen molar-refractivity contribution < 1.29 is 5.11 Å². The van der Waals surface area contributed by atoms with Crippen molar-refractivity contribution in [2.75, 3.05) is 11.5 Å². The highest BCUT2D eigenvalue weighted by Crippen LogP contribution is 2.10. The van der Waals surface area contributed by atoms with Crippen molar-refractivity contribution in [2.24, 2.45) is 5.73 Å². The minimum Gasteiger partial charge on any atom is -0.392 e. The molecule has 2 atom stereocenters. The van der Waals surface area contributed by atoms with Gasteiger partial charge in [-0.15, -0.1) is 6.58 Å². The molecule has 0 rings (SSSR count). The Kier molecular flexibility index (Phi) is 9.57. The highest BCUT2D eigenvalue weighted by atomic mass is 32.2. The van der Waals surface area contributed by atoms with Crippen molar-refractivity contribution in [3.8, 4) is 0 Å². The molecule has 0 saturated carbocycles. The Bertz CT molecular complexity index is 139. The van der Waals surface area contributed by atoms with Gasteiger partial charge in [-0.1, -0.05) is 6.08 Å². The summed E-state index contributed by atoms with van der Waals surface area (Å²) >= 11 is 1.81. The monoisotopic (exact) mass is 217 g/mol. The molecule has 0 fully saturated rings. The highest BCUT2D eigenvalue weighted by Gasteiger charge is 2.02. The summed E-state index contributed by atoms with van der Waals surface area (Å²) in [6.45, 7) is 5.66. The standard InChI is InChI=1S/C11H23NOS/c1-3-4-7-11(13)9-14-8-5-6-10(2)12/h3,10-11,13H,1,4-9,12H2,2H3. The Morgan fingerprint density at radius 1 is 1.50 bits per heavy atom. The van der Waals surface area contributed by atoms with Gasteiger partial charge in [0.25, 0.3) is 0 Å². The van der Waals surface area contributed by atoms with E-state index in [4.69, 9.17) is 5.73 Å². The first kappa shape index (κ1) is 14.0. The lowest BCUT2D eigenvalue weighted by Gasteiger charge is -2.09.